The molecule has 0 aromatic heterocycles. The molecule has 0 saturated carbocycles. The molecule has 0 aliphatic carbocycles. The predicted molar refractivity (Wildman–Crippen MR) is 280 cm³/mol. The second-order valence-electron chi connectivity index (χ2n) is 17.5. The third kappa shape index (κ3) is 5.88. The van der Waals surface area contributed by atoms with Gasteiger partial charge in [0.2, 0.25) is 6.71 Å². The second-order valence-corrected chi connectivity index (χ2v) is 19.7. The van der Waals surface area contributed by atoms with Crippen molar-refractivity contribution in [2.45, 2.75) is 19.6 Å². The lowest BCUT2D eigenvalue weighted by Crippen LogP contribution is -2.63. The van der Waals surface area contributed by atoms with Crippen molar-refractivity contribution in [3.63, 3.8) is 0 Å². The van der Waals surface area contributed by atoms with Gasteiger partial charge in [-0.1, -0.05) is 216 Å². The fourth-order valence-corrected chi connectivity index (χ4v) is 13.5. The van der Waals surface area contributed by atoms with E-state index in [2.05, 4.69) is 229 Å². The van der Waals surface area contributed by atoms with Crippen LogP contribution in [0.15, 0.2) is 244 Å². The summed E-state index contributed by atoms with van der Waals surface area (Å²) in [4.78, 5) is 7.88. The standard InChI is InChI=1S/C60H37B2NOS2/c1-5-18-38(19-6-1)42-32-51-58-53(33-42)64-52-30-15-13-28-46(52)61(58)48-36-49-55(37-50(48)63(51)60-44(40-22-9-3-10-23-40)26-17-27-45(60)41-24-11-4-12-25-41)66-57-35-43(39-20-7-2-8-21-39)34-56-59(57)62(49)47-29-14-16-31-54(47)65-56/h1-37H. The van der Waals surface area contributed by atoms with Crippen molar-refractivity contribution in [2.75, 3.05) is 4.90 Å². The van der Waals surface area contributed by atoms with Gasteiger partial charge in [0.15, 0.2) is 0 Å². The molecule has 0 unspecified atom stereocenters. The first-order valence-corrected chi connectivity index (χ1v) is 24.3. The Morgan fingerprint density at radius 3 is 1.50 bits per heavy atom. The fourth-order valence-electron chi connectivity index (χ4n) is 11.0. The number of rotatable bonds is 5. The molecule has 6 heteroatoms. The van der Waals surface area contributed by atoms with Crippen LogP contribution in [0.2, 0.25) is 0 Å². The van der Waals surface area contributed by atoms with Crippen LogP contribution in [0.4, 0.5) is 17.1 Å². The molecular formula is C60H37B2NOS2. The van der Waals surface area contributed by atoms with E-state index in [9.17, 15) is 0 Å². The van der Waals surface area contributed by atoms with Crippen molar-refractivity contribution in [1.29, 1.82) is 0 Å². The lowest BCUT2D eigenvalue weighted by molar-refractivity contribution is 0.488. The Morgan fingerprint density at radius 1 is 0.318 bits per heavy atom. The molecule has 4 heterocycles. The van der Waals surface area contributed by atoms with Gasteiger partial charge >= 0.3 is 0 Å². The van der Waals surface area contributed by atoms with Crippen LogP contribution in [0.5, 0.6) is 11.5 Å². The predicted octanol–water partition coefficient (Wildman–Crippen LogP) is 12.2. The smallest absolute Gasteiger partial charge is 0.256 e. The molecule has 0 N–H and O–H groups in total. The van der Waals surface area contributed by atoms with Crippen LogP contribution in [0, 0.1) is 0 Å². The largest absolute Gasteiger partial charge is 0.458 e. The van der Waals surface area contributed by atoms with Gasteiger partial charge in [-0.15, -0.1) is 0 Å². The number of para-hydroxylation sites is 2. The topological polar surface area (TPSA) is 12.5 Å². The first kappa shape index (κ1) is 38.0. The molecule has 10 aromatic carbocycles. The van der Waals surface area contributed by atoms with Gasteiger partial charge in [-0.2, -0.15) is 0 Å². The van der Waals surface area contributed by atoms with Crippen molar-refractivity contribution in [3.8, 4) is 56.0 Å². The highest BCUT2D eigenvalue weighted by Gasteiger charge is 2.46. The molecule has 0 spiro atoms. The van der Waals surface area contributed by atoms with E-state index in [4.69, 9.17) is 4.74 Å². The quantitative estimate of drug-likeness (QED) is 0.160. The Morgan fingerprint density at radius 2 is 0.848 bits per heavy atom. The molecule has 2 nitrogen and oxygen atoms in total. The number of ether oxygens (including phenoxy) is 1. The molecular weight excluding hydrogens is 836 g/mol. The molecule has 0 radical (unpaired) electrons. The zero-order valence-electron chi connectivity index (χ0n) is 35.7. The Balaban J connectivity index is 1.10. The molecule has 0 saturated heterocycles. The lowest BCUT2D eigenvalue weighted by Gasteiger charge is -2.43. The Kier molecular flexibility index (Phi) is 8.68. The summed E-state index contributed by atoms with van der Waals surface area (Å²) in [6.07, 6.45) is 0. The molecule has 0 amide bonds. The zero-order chi connectivity index (χ0) is 43.3. The van der Waals surface area contributed by atoms with Crippen molar-refractivity contribution in [3.05, 3.63) is 224 Å². The van der Waals surface area contributed by atoms with Gasteiger partial charge in [0.05, 0.1) is 5.69 Å². The maximum Gasteiger partial charge on any atom is 0.256 e. The number of hydrogen-bond donors (Lipinski definition) is 0. The van der Waals surface area contributed by atoms with Crippen LogP contribution in [-0.2, 0) is 0 Å². The molecule has 66 heavy (non-hydrogen) atoms. The van der Waals surface area contributed by atoms with Gasteiger partial charge in [-0.05, 0) is 97.7 Å². The highest BCUT2D eigenvalue weighted by molar-refractivity contribution is 8.01. The minimum Gasteiger partial charge on any atom is -0.458 e. The van der Waals surface area contributed by atoms with Gasteiger partial charge in [-0.25, -0.2) is 0 Å². The number of nitrogens with zero attached hydrogens (tertiary/aromatic N) is 1. The van der Waals surface area contributed by atoms with Crippen LogP contribution in [0.3, 0.4) is 0 Å². The minimum absolute atomic E-state index is 0.0649. The summed E-state index contributed by atoms with van der Waals surface area (Å²) in [5.41, 5.74) is 20.7. The summed E-state index contributed by atoms with van der Waals surface area (Å²) in [5.74, 6) is 1.81. The van der Waals surface area contributed by atoms with Crippen LogP contribution in [0.1, 0.15) is 0 Å². The van der Waals surface area contributed by atoms with E-state index in [0.29, 0.717) is 0 Å². The number of hydrogen-bond acceptors (Lipinski definition) is 4. The van der Waals surface area contributed by atoms with Crippen molar-refractivity contribution in [1.82, 2.24) is 0 Å². The summed E-state index contributed by atoms with van der Waals surface area (Å²) in [6, 6.07) is 82.8. The van der Waals surface area contributed by atoms with E-state index in [0.717, 1.165) is 34.0 Å². The van der Waals surface area contributed by atoms with Gasteiger partial charge in [0.1, 0.15) is 11.5 Å². The van der Waals surface area contributed by atoms with Gasteiger partial charge in [0.25, 0.3) is 6.71 Å². The fraction of sp³-hybridized carbons (Fsp3) is 0. The zero-order valence-corrected chi connectivity index (χ0v) is 37.3. The molecule has 4 aliphatic rings. The highest BCUT2D eigenvalue weighted by Crippen LogP contribution is 2.51. The average molecular weight is 874 g/mol. The van der Waals surface area contributed by atoms with Crippen molar-refractivity contribution in [2.24, 2.45) is 0 Å². The summed E-state index contributed by atoms with van der Waals surface area (Å²) >= 11 is 3.85. The SMILES string of the molecule is c1ccc(-c2cc3c4c(c2)Sc2cc5c(cc2B4c2ccccc2S3)B2c3ccccc3Oc3cc(-c4ccccc4)cc(c32)N5c2c(-c3ccccc3)cccc2-c2ccccc2)cc1. The van der Waals surface area contributed by atoms with Crippen LogP contribution in [-0.4, -0.2) is 13.4 Å². The lowest BCUT2D eigenvalue weighted by atomic mass is 9.31. The monoisotopic (exact) mass is 873 g/mol. The van der Waals surface area contributed by atoms with Crippen LogP contribution >= 0.6 is 23.5 Å². The summed E-state index contributed by atoms with van der Waals surface area (Å²) in [5, 5.41) is 0. The number of benzene rings is 10. The molecule has 0 bridgehead atoms. The molecule has 10 aromatic rings. The Labute approximate surface area is 394 Å². The Bertz CT molecular complexity index is 3530. The van der Waals surface area contributed by atoms with Crippen LogP contribution in [0.25, 0.3) is 44.5 Å². The van der Waals surface area contributed by atoms with Crippen molar-refractivity contribution >= 4 is 86.8 Å². The second kappa shape index (κ2) is 15.1. The molecule has 0 fully saturated rings. The normalized spacial score (nSPS) is 13.4. The van der Waals surface area contributed by atoms with Crippen LogP contribution < -0.4 is 42.4 Å². The summed E-state index contributed by atoms with van der Waals surface area (Å²) in [6.45, 7) is 0.0186. The highest BCUT2D eigenvalue weighted by atomic mass is 32.2. The molecule has 14 rings (SSSR count). The van der Waals surface area contributed by atoms with E-state index in [1.54, 1.807) is 0 Å². The van der Waals surface area contributed by atoms with E-state index in [1.807, 2.05) is 23.5 Å². The average Bonchev–Trinajstić information content (AvgIpc) is 3.38. The Hall–Kier alpha value is -7.37. The summed E-state index contributed by atoms with van der Waals surface area (Å²) < 4.78 is 7.10. The molecule has 306 valence electrons. The minimum atomic E-state index is -0.0649. The first-order chi connectivity index (χ1) is 32.7. The van der Waals surface area contributed by atoms with Gasteiger partial charge < -0.3 is 9.64 Å². The van der Waals surface area contributed by atoms with Crippen molar-refractivity contribution < 1.29 is 4.74 Å². The maximum absolute atomic E-state index is 7.10. The first-order valence-electron chi connectivity index (χ1n) is 22.6. The van der Waals surface area contributed by atoms with Gasteiger partial charge in [-0.3, -0.25) is 0 Å². The van der Waals surface area contributed by atoms with E-state index < -0.39 is 0 Å². The van der Waals surface area contributed by atoms with Gasteiger partial charge in [0, 0.05) is 42.1 Å². The number of anilines is 3. The number of fused-ring (bicyclic) bond motifs is 8. The van der Waals surface area contributed by atoms with E-state index in [1.165, 1.54) is 91.4 Å². The third-order valence-electron chi connectivity index (χ3n) is 13.8. The van der Waals surface area contributed by atoms with E-state index >= 15 is 0 Å². The molecule has 0 atom stereocenters. The third-order valence-corrected chi connectivity index (χ3v) is 16.1. The molecule has 4 aliphatic heterocycles. The maximum atomic E-state index is 7.10. The summed E-state index contributed by atoms with van der Waals surface area (Å²) in [7, 11) is 0. The van der Waals surface area contributed by atoms with E-state index in [-0.39, 0.29) is 13.4 Å².